The average molecular weight is 423 g/mol. The maximum atomic E-state index is 12.1. The monoisotopic (exact) mass is 423 g/mol. The molecule has 0 bridgehead atoms. The Kier molecular flexibility index (Phi) is 5.10. The highest BCUT2D eigenvalue weighted by molar-refractivity contribution is 6.07. The van der Waals surface area contributed by atoms with Crippen LogP contribution in [0, 0.1) is 29.6 Å². The molecule has 3 N–H and O–H groups in total. The van der Waals surface area contributed by atoms with Gasteiger partial charge >= 0.3 is 5.97 Å². The minimum Gasteiger partial charge on any atom is -0.465 e. The van der Waals surface area contributed by atoms with Crippen LogP contribution in [0.1, 0.15) is 45.4 Å². The first-order valence-corrected chi connectivity index (χ1v) is 9.78. The van der Waals surface area contributed by atoms with E-state index in [9.17, 15) is 15.3 Å². The molecule has 32 heavy (non-hydrogen) atoms. The predicted molar refractivity (Wildman–Crippen MR) is 118 cm³/mol. The summed E-state index contributed by atoms with van der Waals surface area (Å²) in [5, 5.41) is 19.2. The van der Waals surface area contributed by atoms with Gasteiger partial charge in [-0.1, -0.05) is 18.2 Å². The molecule has 0 unspecified atom stereocenters. The number of aromatic amines is 1. The van der Waals surface area contributed by atoms with E-state index in [0.717, 1.165) is 16.7 Å². The fourth-order valence-corrected chi connectivity index (χ4v) is 3.98. The zero-order valence-corrected chi connectivity index (χ0v) is 17.7. The molecule has 4 rings (SSSR count). The molecule has 3 aromatic rings. The number of carbonyl (C=O) groups excluding carboxylic acids is 1. The number of hydrogen-bond donors (Lipinski definition) is 1. The number of nitrogens with one attached hydrogen (secondary N) is 1. The molecule has 0 saturated carbocycles. The van der Waals surface area contributed by atoms with Gasteiger partial charge in [0, 0.05) is 11.1 Å². The maximum Gasteiger partial charge on any atom is 0.338 e. The van der Waals surface area contributed by atoms with E-state index in [4.69, 9.17) is 14.9 Å². The van der Waals surface area contributed by atoms with Crippen molar-refractivity contribution in [2.24, 2.45) is 0 Å². The second-order valence-electron chi connectivity index (χ2n) is 7.31. The highest BCUT2D eigenvalue weighted by atomic mass is 16.5. The third kappa shape index (κ3) is 3.13. The molecule has 0 fully saturated rings. The number of esters is 1. The number of carbonyl (C=O) groups is 1. The predicted octanol–water partition coefficient (Wildman–Crippen LogP) is 4.16. The second-order valence-corrected chi connectivity index (χ2v) is 7.31. The van der Waals surface area contributed by atoms with Crippen LogP contribution < -0.4 is 10.7 Å². The number of allylic oxidation sites excluding steroid dienone is 3. The SMILES string of the molecule is COC(=O)c1ccccc1-c1ccc(C=C2C(C)=C(C#N)c3[nH+]c(N)c(C#N)c(C)c32)o1. The van der Waals surface area contributed by atoms with Crippen LogP contribution in [0.25, 0.3) is 28.5 Å². The molecular weight excluding hydrogens is 404 g/mol. The summed E-state index contributed by atoms with van der Waals surface area (Å²) in [6.07, 6.45) is 1.82. The Bertz CT molecular complexity index is 1430. The van der Waals surface area contributed by atoms with E-state index in [1.807, 2.05) is 26.0 Å². The van der Waals surface area contributed by atoms with E-state index in [0.29, 0.717) is 45.0 Å². The number of nitrogens with two attached hydrogens (primary N) is 1. The quantitative estimate of drug-likeness (QED) is 0.630. The van der Waals surface area contributed by atoms with Crippen LogP contribution in [0.15, 0.2) is 46.4 Å². The van der Waals surface area contributed by atoms with Crippen molar-refractivity contribution in [3.8, 4) is 23.5 Å². The van der Waals surface area contributed by atoms with E-state index < -0.39 is 5.97 Å². The van der Waals surface area contributed by atoms with Crippen LogP contribution >= 0.6 is 0 Å². The van der Waals surface area contributed by atoms with Gasteiger partial charge in [-0.05, 0) is 54.8 Å². The number of benzene rings is 1. The summed E-state index contributed by atoms with van der Waals surface area (Å²) in [6.45, 7) is 3.65. The first kappa shape index (κ1) is 20.6. The van der Waals surface area contributed by atoms with Gasteiger partial charge in [-0.2, -0.15) is 10.5 Å². The lowest BCUT2D eigenvalue weighted by atomic mass is 9.96. The maximum absolute atomic E-state index is 12.1. The van der Waals surface area contributed by atoms with Crippen molar-refractivity contribution in [3.63, 3.8) is 0 Å². The van der Waals surface area contributed by atoms with E-state index in [1.165, 1.54) is 7.11 Å². The van der Waals surface area contributed by atoms with Crippen molar-refractivity contribution in [3.05, 3.63) is 75.7 Å². The molecule has 0 spiro atoms. The third-order valence-corrected chi connectivity index (χ3v) is 5.56. The molecule has 156 valence electrons. The molecule has 1 aromatic carbocycles. The molecule has 0 amide bonds. The number of fused-ring (bicyclic) bond motifs is 1. The number of rotatable bonds is 3. The Morgan fingerprint density at radius 2 is 1.91 bits per heavy atom. The Morgan fingerprint density at radius 3 is 2.59 bits per heavy atom. The summed E-state index contributed by atoms with van der Waals surface area (Å²) in [7, 11) is 1.33. The normalized spacial score (nSPS) is 13.6. The van der Waals surface area contributed by atoms with Crippen LogP contribution in [0.3, 0.4) is 0 Å². The number of H-pyrrole nitrogens is 1. The molecule has 1 aliphatic carbocycles. The van der Waals surface area contributed by atoms with Gasteiger partial charge in [0.2, 0.25) is 0 Å². The van der Waals surface area contributed by atoms with Crippen molar-refractivity contribution in [1.29, 1.82) is 10.5 Å². The van der Waals surface area contributed by atoms with Gasteiger partial charge in [-0.3, -0.25) is 5.73 Å². The number of hydrogen-bond acceptors (Lipinski definition) is 6. The Morgan fingerprint density at radius 1 is 1.16 bits per heavy atom. The topological polar surface area (TPSA) is 127 Å². The zero-order chi connectivity index (χ0) is 23.0. The summed E-state index contributed by atoms with van der Waals surface area (Å²) in [4.78, 5) is 15.1. The number of aromatic nitrogens is 1. The van der Waals surface area contributed by atoms with Gasteiger partial charge in [0.15, 0.2) is 5.69 Å². The highest BCUT2D eigenvalue weighted by Gasteiger charge is 2.32. The largest absolute Gasteiger partial charge is 0.465 e. The number of anilines is 1. The molecule has 7 heteroatoms. The molecule has 0 radical (unpaired) electrons. The third-order valence-electron chi connectivity index (χ3n) is 5.56. The lowest BCUT2D eigenvalue weighted by Gasteiger charge is -2.08. The summed E-state index contributed by atoms with van der Waals surface area (Å²) in [5.41, 5.74) is 11.4. The number of furan rings is 1. The molecule has 0 aliphatic heterocycles. The minimum absolute atomic E-state index is 0.227. The van der Waals surface area contributed by atoms with Crippen molar-refractivity contribution in [2.45, 2.75) is 13.8 Å². The number of methoxy groups -OCH3 is 1. The van der Waals surface area contributed by atoms with Gasteiger partial charge in [-0.15, -0.1) is 0 Å². The van der Waals surface area contributed by atoms with Crippen molar-refractivity contribution < 1.29 is 18.9 Å². The van der Waals surface area contributed by atoms with Crippen molar-refractivity contribution >= 4 is 29.0 Å². The molecular formula is C25H19N4O3+. The zero-order valence-electron chi connectivity index (χ0n) is 17.7. The number of ether oxygens (including phenoxy) is 1. The summed E-state index contributed by atoms with van der Waals surface area (Å²) >= 11 is 0. The van der Waals surface area contributed by atoms with E-state index in [1.54, 1.807) is 30.3 Å². The van der Waals surface area contributed by atoms with E-state index in [-0.39, 0.29) is 5.82 Å². The number of nitrogens with zero attached hydrogens (tertiary/aromatic N) is 2. The Labute approximate surface area is 184 Å². The van der Waals surface area contributed by atoms with Gasteiger partial charge in [-0.25, -0.2) is 9.78 Å². The molecule has 1 aliphatic rings. The molecule has 0 saturated heterocycles. The lowest BCUT2D eigenvalue weighted by molar-refractivity contribution is -0.364. The fraction of sp³-hybridized carbons (Fsp3) is 0.120. The highest BCUT2D eigenvalue weighted by Crippen LogP contribution is 2.43. The van der Waals surface area contributed by atoms with Crippen LogP contribution in [0.2, 0.25) is 0 Å². The van der Waals surface area contributed by atoms with Crippen LogP contribution in [0.4, 0.5) is 5.82 Å². The van der Waals surface area contributed by atoms with Gasteiger partial charge < -0.3 is 9.15 Å². The fourth-order valence-electron chi connectivity index (χ4n) is 3.98. The van der Waals surface area contributed by atoms with Crippen LogP contribution in [-0.4, -0.2) is 13.1 Å². The van der Waals surface area contributed by atoms with E-state index >= 15 is 0 Å². The van der Waals surface area contributed by atoms with Gasteiger partial charge in [0.05, 0.1) is 12.7 Å². The number of nitriles is 2. The molecule has 2 aromatic heterocycles. The lowest BCUT2D eigenvalue weighted by Crippen LogP contribution is -2.20. The van der Waals surface area contributed by atoms with Crippen LogP contribution in [0.5, 0.6) is 0 Å². The Hall–Kier alpha value is -4.62. The number of nitrogen functional groups attached to an aromatic ring is 1. The first-order chi connectivity index (χ1) is 15.4. The van der Waals surface area contributed by atoms with Gasteiger partial charge in [0.25, 0.3) is 5.82 Å². The average Bonchev–Trinajstić information content (AvgIpc) is 3.36. The minimum atomic E-state index is -0.452. The Balaban J connectivity index is 1.86. The molecule has 2 heterocycles. The summed E-state index contributed by atoms with van der Waals surface area (Å²) < 4.78 is 10.9. The molecule has 7 nitrogen and oxygen atoms in total. The van der Waals surface area contributed by atoms with Gasteiger partial charge in [0.1, 0.15) is 34.8 Å². The number of pyridine rings is 1. The standard InChI is InChI=1S/C25H18N4O3/c1-13-18(22-14(2)20(12-27)24(28)29-23(22)19(13)11-26)10-15-8-9-21(32-15)16-6-4-5-7-17(16)25(30)31-3/h4-10H,1-3H3,(H2,28,29)/p+1. The summed E-state index contributed by atoms with van der Waals surface area (Å²) in [6, 6.07) is 14.9. The molecule has 0 atom stereocenters. The van der Waals surface area contributed by atoms with Crippen molar-refractivity contribution in [2.75, 3.05) is 12.8 Å². The van der Waals surface area contributed by atoms with Crippen LogP contribution in [-0.2, 0) is 4.74 Å². The first-order valence-electron chi connectivity index (χ1n) is 9.78. The van der Waals surface area contributed by atoms with Crippen molar-refractivity contribution in [1.82, 2.24) is 0 Å². The summed E-state index contributed by atoms with van der Waals surface area (Å²) in [5.74, 6) is 0.822. The second kappa shape index (κ2) is 7.90. The van der Waals surface area contributed by atoms with E-state index in [2.05, 4.69) is 17.1 Å². The smallest absolute Gasteiger partial charge is 0.338 e.